The van der Waals surface area contributed by atoms with Crippen molar-refractivity contribution in [1.82, 2.24) is 15.1 Å². The highest BCUT2D eigenvalue weighted by Crippen LogP contribution is 2.23. The van der Waals surface area contributed by atoms with Crippen molar-refractivity contribution in [1.29, 1.82) is 0 Å². The Morgan fingerprint density at radius 2 is 2.04 bits per heavy atom. The van der Waals surface area contributed by atoms with Crippen molar-refractivity contribution in [2.75, 3.05) is 32.7 Å². The summed E-state index contributed by atoms with van der Waals surface area (Å²) in [6.45, 7) is 7.81. The first-order valence-corrected chi connectivity index (χ1v) is 9.95. The van der Waals surface area contributed by atoms with E-state index in [1.807, 2.05) is 9.80 Å². The van der Waals surface area contributed by atoms with Gasteiger partial charge in [0.15, 0.2) is 0 Å². The fraction of sp³-hybridized carbons (Fsp3) is 0.619. The van der Waals surface area contributed by atoms with Crippen LogP contribution in [0.25, 0.3) is 0 Å². The number of amides is 2. The van der Waals surface area contributed by atoms with E-state index in [0.29, 0.717) is 19.5 Å². The van der Waals surface area contributed by atoms with Gasteiger partial charge in [-0.3, -0.25) is 9.59 Å². The molecule has 1 aromatic rings. The van der Waals surface area contributed by atoms with E-state index in [9.17, 15) is 9.59 Å². The Hall–Kier alpha value is -1.88. The maximum atomic E-state index is 12.8. The fourth-order valence-corrected chi connectivity index (χ4v) is 4.03. The lowest BCUT2D eigenvalue weighted by molar-refractivity contribution is -0.140. The molecule has 0 spiro atoms. The number of carbonyl (C=O) groups is 2. The number of piperazine rings is 1. The first-order valence-electron chi connectivity index (χ1n) is 9.95. The monoisotopic (exact) mass is 357 g/mol. The Morgan fingerprint density at radius 1 is 1.27 bits per heavy atom. The fourth-order valence-electron chi connectivity index (χ4n) is 4.03. The van der Waals surface area contributed by atoms with Gasteiger partial charge in [0.25, 0.3) is 0 Å². The minimum Gasteiger partial charge on any atom is -0.341 e. The molecule has 0 radical (unpaired) electrons. The number of benzene rings is 1. The molecule has 2 unspecified atom stereocenters. The van der Waals surface area contributed by atoms with Gasteiger partial charge in [0, 0.05) is 38.6 Å². The van der Waals surface area contributed by atoms with Crippen LogP contribution in [0.4, 0.5) is 0 Å². The Morgan fingerprint density at radius 3 is 2.73 bits per heavy atom. The second-order valence-electron chi connectivity index (χ2n) is 7.60. The summed E-state index contributed by atoms with van der Waals surface area (Å²) in [5, 5.41) is 3.12. The number of hydrogen-bond acceptors (Lipinski definition) is 3. The lowest BCUT2D eigenvalue weighted by Crippen LogP contribution is -2.57. The zero-order valence-electron chi connectivity index (χ0n) is 16.0. The van der Waals surface area contributed by atoms with Gasteiger partial charge in [-0.25, -0.2) is 0 Å². The normalized spacial score (nSPS) is 22.4. The smallest absolute Gasteiger partial charge is 0.236 e. The van der Waals surface area contributed by atoms with Crippen LogP contribution in [0.15, 0.2) is 24.3 Å². The molecule has 2 fully saturated rings. The number of likely N-dealkylation sites (tertiary alicyclic amines) is 1. The van der Waals surface area contributed by atoms with E-state index in [1.165, 1.54) is 11.1 Å². The van der Waals surface area contributed by atoms with E-state index in [1.54, 1.807) is 0 Å². The van der Waals surface area contributed by atoms with Crippen LogP contribution in [-0.4, -0.2) is 60.4 Å². The first kappa shape index (κ1) is 18.9. The van der Waals surface area contributed by atoms with Crippen molar-refractivity contribution >= 4 is 11.8 Å². The summed E-state index contributed by atoms with van der Waals surface area (Å²) in [6, 6.07) is 8.79. The van der Waals surface area contributed by atoms with Crippen LogP contribution < -0.4 is 5.32 Å². The maximum Gasteiger partial charge on any atom is 0.236 e. The van der Waals surface area contributed by atoms with Gasteiger partial charge in [-0.05, 0) is 36.3 Å². The Labute approximate surface area is 156 Å². The molecular formula is C21H31N3O2. The van der Waals surface area contributed by atoms with Crippen molar-refractivity contribution < 1.29 is 9.59 Å². The van der Waals surface area contributed by atoms with Crippen LogP contribution in [0.5, 0.6) is 0 Å². The molecule has 3 rings (SSSR count). The van der Waals surface area contributed by atoms with E-state index < -0.39 is 0 Å². The average Bonchev–Trinajstić information content (AvgIpc) is 2.68. The lowest BCUT2D eigenvalue weighted by atomic mass is 9.95. The third-order valence-corrected chi connectivity index (χ3v) is 5.75. The molecule has 0 aromatic heterocycles. The van der Waals surface area contributed by atoms with Gasteiger partial charge < -0.3 is 15.1 Å². The summed E-state index contributed by atoms with van der Waals surface area (Å²) in [6.07, 6.45) is 3.55. The second kappa shape index (κ2) is 8.67. The molecule has 5 nitrogen and oxygen atoms in total. The average molecular weight is 357 g/mol. The summed E-state index contributed by atoms with van der Waals surface area (Å²) >= 11 is 0. The molecule has 142 valence electrons. The summed E-state index contributed by atoms with van der Waals surface area (Å²) in [4.78, 5) is 28.9. The van der Waals surface area contributed by atoms with Gasteiger partial charge in [-0.1, -0.05) is 38.1 Å². The lowest BCUT2D eigenvalue weighted by Gasteiger charge is -2.41. The van der Waals surface area contributed by atoms with Crippen molar-refractivity contribution in [2.24, 2.45) is 0 Å². The van der Waals surface area contributed by atoms with Gasteiger partial charge in [-0.15, -0.1) is 0 Å². The minimum atomic E-state index is 0.167. The largest absolute Gasteiger partial charge is 0.341 e. The molecule has 2 aliphatic rings. The first-order chi connectivity index (χ1) is 12.6. The quantitative estimate of drug-likeness (QED) is 0.879. The van der Waals surface area contributed by atoms with Crippen molar-refractivity contribution in [3.8, 4) is 0 Å². The predicted molar refractivity (Wildman–Crippen MR) is 103 cm³/mol. The van der Waals surface area contributed by atoms with Crippen LogP contribution in [0.3, 0.4) is 0 Å². The van der Waals surface area contributed by atoms with Crippen molar-refractivity contribution in [3.05, 3.63) is 35.4 Å². The molecule has 0 bridgehead atoms. The summed E-state index contributed by atoms with van der Waals surface area (Å²) in [5.41, 5.74) is 2.55. The van der Waals surface area contributed by atoms with Gasteiger partial charge >= 0.3 is 0 Å². The Kier molecular flexibility index (Phi) is 6.30. The SMILES string of the molecule is CCc1ccc(C(C)CC(=O)N2CCCC(N3CCNCC3=O)C2)cc1. The van der Waals surface area contributed by atoms with E-state index >= 15 is 0 Å². The molecule has 0 saturated carbocycles. The molecule has 2 aliphatic heterocycles. The van der Waals surface area contributed by atoms with Crippen LogP contribution >= 0.6 is 0 Å². The molecule has 2 amide bonds. The van der Waals surface area contributed by atoms with Gasteiger partial charge in [0.1, 0.15) is 0 Å². The van der Waals surface area contributed by atoms with Gasteiger partial charge in [0.05, 0.1) is 6.54 Å². The van der Waals surface area contributed by atoms with Crippen LogP contribution in [-0.2, 0) is 16.0 Å². The zero-order valence-corrected chi connectivity index (χ0v) is 16.0. The highest BCUT2D eigenvalue weighted by molar-refractivity contribution is 5.80. The number of carbonyl (C=O) groups excluding carboxylic acids is 2. The summed E-state index contributed by atoms with van der Waals surface area (Å²) < 4.78 is 0. The minimum absolute atomic E-state index is 0.167. The summed E-state index contributed by atoms with van der Waals surface area (Å²) in [5.74, 6) is 0.596. The number of nitrogens with one attached hydrogen (secondary N) is 1. The predicted octanol–water partition coefficient (Wildman–Crippen LogP) is 2.17. The molecule has 1 N–H and O–H groups in total. The zero-order chi connectivity index (χ0) is 18.5. The maximum absolute atomic E-state index is 12.8. The van der Waals surface area contributed by atoms with Crippen molar-refractivity contribution in [2.45, 2.75) is 51.5 Å². The highest BCUT2D eigenvalue weighted by Gasteiger charge is 2.31. The Balaban J connectivity index is 1.57. The Bertz CT molecular complexity index is 629. The van der Waals surface area contributed by atoms with Gasteiger partial charge in [-0.2, -0.15) is 0 Å². The standard InChI is InChI=1S/C21H31N3O2/c1-3-17-6-8-18(9-7-17)16(2)13-20(25)23-11-4-5-19(15-23)24-12-10-22-14-21(24)26/h6-9,16,19,22H,3-5,10-15H2,1-2H3. The number of rotatable bonds is 5. The molecule has 26 heavy (non-hydrogen) atoms. The third-order valence-electron chi connectivity index (χ3n) is 5.75. The number of hydrogen-bond donors (Lipinski definition) is 1. The number of aryl methyl sites for hydroxylation is 1. The van der Waals surface area contributed by atoms with E-state index in [0.717, 1.165) is 38.9 Å². The van der Waals surface area contributed by atoms with E-state index in [-0.39, 0.29) is 23.8 Å². The molecule has 1 aromatic carbocycles. The molecular weight excluding hydrogens is 326 g/mol. The van der Waals surface area contributed by atoms with Crippen LogP contribution in [0, 0.1) is 0 Å². The highest BCUT2D eigenvalue weighted by atomic mass is 16.2. The van der Waals surface area contributed by atoms with Crippen LogP contribution in [0.2, 0.25) is 0 Å². The number of nitrogens with zero attached hydrogens (tertiary/aromatic N) is 2. The number of piperidine rings is 1. The summed E-state index contributed by atoms with van der Waals surface area (Å²) in [7, 11) is 0. The van der Waals surface area contributed by atoms with Crippen molar-refractivity contribution in [3.63, 3.8) is 0 Å². The molecule has 0 aliphatic carbocycles. The molecule has 2 atom stereocenters. The molecule has 2 heterocycles. The van der Waals surface area contributed by atoms with Gasteiger partial charge in [0.2, 0.25) is 11.8 Å². The molecule has 2 saturated heterocycles. The van der Waals surface area contributed by atoms with E-state index in [2.05, 4.69) is 43.4 Å². The second-order valence-corrected chi connectivity index (χ2v) is 7.60. The van der Waals surface area contributed by atoms with Crippen LogP contribution in [0.1, 0.15) is 50.2 Å². The molecule has 5 heteroatoms. The third kappa shape index (κ3) is 4.44. The van der Waals surface area contributed by atoms with E-state index in [4.69, 9.17) is 0 Å². The topological polar surface area (TPSA) is 52.7 Å².